The van der Waals surface area contributed by atoms with Gasteiger partial charge in [0.05, 0.1) is 22.0 Å². The number of sulfonamides is 1. The first-order valence-electron chi connectivity index (χ1n) is 8.05. The Kier molecular flexibility index (Phi) is 5.39. The summed E-state index contributed by atoms with van der Waals surface area (Å²) < 4.78 is 27.6. The van der Waals surface area contributed by atoms with Gasteiger partial charge in [-0.05, 0) is 36.4 Å². The summed E-state index contributed by atoms with van der Waals surface area (Å²) in [4.78, 5) is 12.5. The van der Waals surface area contributed by atoms with Crippen LogP contribution in [0.3, 0.4) is 0 Å². The Morgan fingerprint density at radius 3 is 1.93 bits per heavy atom. The van der Waals surface area contributed by atoms with E-state index in [1.54, 1.807) is 66.7 Å². The average Bonchev–Trinajstić information content (AvgIpc) is 2.70. The summed E-state index contributed by atoms with van der Waals surface area (Å²) in [7, 11) is -3.79. The number of nitrogens with two attached hydrogens (primary N) is 1. The standard InChI is InChI=1S/C19H18N4O3S/c20-23(15-9-3-1-4-10-15)19(24)21-17-13-7-8-14-18(17)22-27(25,26)16-11-5-2-6-12-16/h1-14,22H,20H2,(H,21,24). The molecule has 0 saturated heterocycles. The van der Waals surface area contributed by atoms with Crippen LogP contribution in [0.1, 0.15) is 0 Å². The van der Waals surface area contributed by atoms with Gasteiger partial charge in [0.25, 0.3) is 10.0 Å². The van der Waals surface area contributed by atoms with E-state index in [0.29, 0.717) is 5.69 Å². The Bertz CT molecular complexity index is 1030. The molecule has 3 aromatic rings. The van der Waals surface area contributed by atoms with Gasteiger partial charge >= 0.3 is 6.03 Å². The van der Waals surface area contributed by atoms with Crippen molar-refractivity contribution in [2.24, 2.45) is 5.84 Å². The van der Waals surface area contributed by atoms with Crippen LogP contribution in [-0.4, -0.2) is 14.4 Å². The zero-order valence-corrected chi connectivity index (χ0v) is 15.1. The fourth-order valence-electron chi connectivity index (χ4n) is 2.37. The molecule has 0 fully saturated rings. The second kappa shape index (κ2) is 7.90. The van der Waals surface area contributed by atoms with Crippen LogP contribution in [0.4, 0.5) is 21.9 Å². The molecule has 0 heterocycles. The first-order chi connectivity index (χ1) is 13.0. The molecule has 0 aliphatic heterocycles. The number of carbonyl (C=O) groups excluding carboxylic acids is 1. The van der Waals surface area contributed by atoms with Crippen LogP contribution in [0.15, 0.2) is 89.8 Å². The summed E-state index contributed by atoms with van der Waals surface area (Å²) in [6.07, 6.45) is 0. The van der Waals surface area contributed by atoms with E-state index in [2.05, 4.69) is 10.0 Å². The molecule has 3 rings (SSSR count). The van der Waals surface area contributed by atoms with Crippen LogP contribution in [0.5, 0.6) is 0 Å². The van der Waals surface area contributed by atoms with Crippen molar-refractivity contribution in [2.45, 2.75) is 4.90 Å². The van der Waals surface area contributed by atoms with Gasteiger partial charge in [0, 0.05) is 0 Å². The highest BCUT2D eigenvalue weighted by atomic mass is 32.2. The van der Waals surface area contributed by atoms with Gasteiger partial charge < -0.3 is 5.32 Å². The van der Waals surface area contributed by atoms with E-state index in [1.165, 1.54) is 12.1 Å². The number of amides is 2. The summed E-state index contributed by atoms with van der Waals surface area (Å²) in [6.45, 7) is 0. The van der Waals surface area contributed by atoms with Gasteiger partial charge in [0.15, 0.2) is 0 Å². The number of nitrogens with one attached hydrogen (secondary N) is 2. The summed E-state index contributed by atoms with van der Waals surface area (Å²) in [5.41, 5.74) is 1.02. The number of para-hydroxylation sites is 3. The van der Waals surface area contributed by atoms with Crippen molar-refractivity contribution in [2.75, 3.05) is 15.0 Å². The van der Waals surface area contributed by atoms with Crippen LogP contribution in [0.25, 0.3) is 0 Å². The van der Waals surface area contributed by atoms with Crippen LogP contribution < -0.4 is 20.9 Å². The second-order valence-corrected chi connectivity index (χ2v) is 7.28. The molecule has 0 bridgehead atoms. The number of benzene rings is 3. The van der Waals surface area contributed by atoms with Gasteiger partial charge in [-0.3, -0.25) is 4.72 Å². The molecule has 3 aromatic carbocycles. The maximum Gasteiger partial charge on any atom is 0.340 e. The number of hydrogen-bond acceptors (Lipinski definition) is 4. The fourth-order valence-corrected chi connectivity index (χ4v) is 3.47. The lowest BCUT2D eigenvalue weighted by Gasteiger charge is -2.19. The van der Waals surface area contributed by atoms with Crippen molar-refractivity contribution < 1.29 is 13.2 Å². The first-order valence-corrected chi connectivity index (χ1v) is 9.53. The largest absolute Gasteiger partial charge is 0.340 e. The molecule has 27 heavy (non-hydrogen) atoms. The smallest absolute Gasteiger partial charge is 0.304 e. The van der Waals surface area contributed by atoms with Crippen molar-refractivity contribution >= 4 is 33.1 Å². The van der Waals surface area contributed by atoms with Gasteiger partial charge in [-0.25, -0.2) is 24.1 Å². The lowest BCUT2D eigenvalue weighted by atomic mass is 10.3. The van der Waals surface area contributed by atoms with Gasteiger partial charge in [-0.2, -0.15) is 0 Å². The summed E-state index contributed by atoms with van der Waals surface area (Å²) in [5, 5.41) is 3.56. The molecular formula is C19H18N4O3S. The van der Waals surface area contributed by atoms with Crippen LogP contribution >= 0.6 is 0 Å². The number of carbonyl (C=O) groups is 1. The molecule has 0 aliphatic carbocycles. The Morgan fingerprint density at radius 2 is 1.30 bits per heavy atom. The van der Waals surface area contributed by atoms with Crippen LogP contribution in [0, 0.1) is 0 Å². The van der Waals surface area contributed by atoms with Gasteiger partial charge in [-0.15, -0.1) is 0 Å². The van der Waals surface area contributed by atoms with Crippen LogP contribution in [-0.2, 0) is 10.0 Å². The van der Waals surface area contributed by atoms with Crippen molar-refractivity contribution in [3.63, 3.8) is 0 Å². The highest BCUT2D eigenvalue weighted by Gasteiger charge is 2.18. The minimum Gasteiger partial charge on any atom is -0.304 e. The zero-order valence-electron chi connectivity index (χ0n) is 14.2. The first kappa shape index (κ1) is 18.4. The number of hydrogen-bond donors (Lipinski definition) is 3. The molecular weight excluding hydrogens is 364 g/mol. The molecule has 0 aliphatic rings. The van der Waals surface area contributed by atoms with Crippen molar-refractivity contribution in [3.8, 4) is 0 Å². The molecule has 0 atom stereocenters. The lowest BCUT2D eigenvalue weighted by Crippen LogP contribution is -2.40. The van der Waals surface area contributed by atoms with Crippen LogP contribution in [0.2, 0.25) is 0 Å². The van der Waals surface area contributed by atoms with E-state index in [-0.39, 0.29) is 16.3 Å². The maximum atomic E-state index is 12.5. The number of hydrazine groups is 1. The van der Waals surface area contributed by atoms with Crippen molar-refractivity contribution in [1.82, 2.24) is 0 Å². The normalized spacial score (nSPS) is 10.9. The predicted molar refractivity (Wildman–Crippen MR) is 106 cm³/mol. The van der Waals surface area contributed by atoms with Gasteiger partial charge in [-0.1, -0.05) is 48.5 Å². The van der Waals surface area contributed by atoms with E-state index in [0.717, 1.165) is 5.01 Å². The van der Waals surface area contributed by atoms with E-state index in [4.69, 9.17) is 5.84 Å². The molecule has 4 N–H and O–H groups in total. The van der Waals surface area contributed by atoms with Gasteiger partial charge in [0.2, 0.25) is 0 Å². The van der Waals surface area contributed by atoms with Crippen molar-refractivity contribution in [3.05, 3.63) is 84.9 Å². The third-order valence-corrected chi connectivity index (χ3v) is 5.10. The number of nitrogens with zero attached hydrogens (tertiary/aromatic N) is 1. The summed E-state index contributed by atoms with van der Waals surface area (Å²) >= 11 is 0. The Hall–Kier alpha value is -3.36. The lowest BCUT2D eigenvalue weighted by molar-refractivity contribution is 0.257. The molecule has 138 valence electrons. The zero-order chi connectivity index (χ0) is 19.3. The highest BCUT2D eigenvalue weighted by molar-refractivity contribution is 7.92. The molecule has 0 radical (unpaired) electrons. The maximum absolute atomic E-state index is 12.5. The average molecular weight is 382 g/mol. The van der Waals surface area contributed by atoms with E-state index >= 15 is 0 Å². The monoisotopic (exact) mass is 382 g/mol. The third kappa shape index (κ3) is 4.43. The topological polar surface area (TPSA) is 105 Å². The number of rotatable bonds is 5. The number of urea groups is 1. The SMILES string of the molecule is NN(C(=O)Nc1ccccc1NS(=O)(=O)c1ccccc1)c1ccccc1. The number of anilines is 3. The van der Waals surface area contributed by atoms with E-state index in [1.807, 2.05) is 6.07 Å². The van der Waals surface area contributed by atoms with Crippen molar-refractivity contribution in [1.29, 1.82) is 0 Å². The molecule has 0 saturated carbocycles. The molecule has 0 aromatic heterocycles. The van der Waals surface area contributed by atoms with E-state index in [9.17, 15) is 13.2 Å². The molecule has 0 unspecified atom stereocenters. The Balaban J connectivity index is 1.81. The highest BCUT2D eigenvalue weighted by Crippen LogP contribution is 2.25. The summed E-state index contributed by atoms with van der Waals surface area (Å²) in [6, 6.07) is 22.5. The summed E-state index contributed by atoms with van der Waals surface area (Å²) in [5.74, 6) is 5.84. The molecule has 7 nitrogen and oxygen atoms in total. The Morgan fingerprint density at radius 1 is 0.778 bits per heavy atom. The van der Waals surface area contributed by atoms with E-state index < -0.39 is 16.1 Å². The quantitative estimate of drug-likeness (QED) is 0.357. The third-order valence-electron chi connectivity index (χ3n) is 3.72. The Labute approximate surface area is 157 Å². The molecule has 2 amide bonds. The predicted octanol–water partition coefficient (Wildman–Crippen LogP) is 3.40. The minimum absolute atomic E-state index is 0.121. The molecule has 0 spiro atoms. The van der Waals surface area contributed by atoms with Gasteiger partial charge in [0.1, 0.15) is 0 Å². The minimum atomic E-state index is -3.79. The second-order valence-electron chi connectivity index (χ2n) is 5.60. The molecule has 8 heteroatoms. The fraction of sp³-hybridized carbons (Fsp3) is 0.